The van der Waals surface area contributed by atoms with Crippen molar-refractivity contribution in [2.24, 2.45) is 11.8 Å². The van der Waals surface area contributed by atoms with Crippen LogP contribution in [0.4, 0.5) is 0 Å². The van der Waals surface area contributed by atoms with Crippen molar-refractivity contribution in [2.75, 3.05) is 33.2 Å². The minimum Gasteiger partial charge on any atom is -0.467 e. The Labute approximate surface area is 161 Å². The third kappa shape index (κ3) is 4.21. The zero-order valence-electron chi connectivity index (χ0n) is 16.3. The van der Waals surface area contributed by atoms with E-state index in [1.807, 2.05) is 29.0 Å². The highest BCUT2D eigenvalue weighted by molar-refractivity contribution is 5.82. The fourth-order valence-electron chi connectivity index (χ4n) is 4.68. The lowest BCUT2D eigenvalue weighted by atomic mass is 9.94. The number of carbonyl (C=O) groups excluding carboxylic acids is 2. The summed E-state index contributed by atoms with van der Waals surface area (Å²) in [7, 11) is 1.87. The predicted molar refractivity (Wildman–Crippen MR) is 102 cm³/mol. The van der Waals surface area contributed by atoms with Crippen molar-refractivity contribution in [3.8, 4) is 0 Å². The summed E-state index contributed by atoms with van der Waals surface area (Å²) in [6, 6.07) is 3.71. The number of amides is 2. The molecule has 1 aromatic heterocycles. The van der Waals surface area contributed by atoms with Crippen LogP contribution >= 0.6 is 0 Å². The first-order chi connectivity index (χ1) is 13.1. The molecule has 4 rings (SSSR count). The van der Waals surface area contributed by atoms with Gasteiger partial charge in [0.15, 0.2) is 0 Å². The molecule has 0 radical (unpaired) electrons. The van der Waals surface area contributed by atoms with Crippen LogP contribution in [-0.4, -0.2) is 65.8 Å². The Kier molecular flexibility index (Phi) is 5.53. The Hall–Kier alpha value is -1.82. The van der Waals surface area contributed by atoms with Crippen molar-refractivity contribution in [2.45, 2.75) is 51.1 Å². The van der Waals surface area contributed by atoms with Gasteiger partial charge in [0, 0.05) is 39.1 Å². The fourth-order valence-corrected chi connectivity index (χ4v) is 4.68. The quantitative estimate of drug-likeness (QED) is 0.768. The minimum absolute atomic E-state index is 0.0642. The molecule has 0 bridgehead atoms. The van der Waals surface area contributed by atoms with E-state index in [4.69, 9.17) is 4.42 Å². The number of likely N-dealkylation sites (N-methyl/N-ethyl adjacent to an activating group) is 1. The number of hydrogen-bond acceptors (Lipinski definition) is 4. The van der Waals surface area contributed by atoms with Crippen molar-refractivity contribution in [3.63, 3.8) is 0 Å². The normalized spacial score (nSPS) is 22.8. The molecule has 1 atom stereocenters. The smallest absolute Gasteiger partial charge is 0.240 e. The van der Waals surface area contributed by atoms with E-state index in [1.165, 1.54) is 12.8 Å². The standard InChI is InChI=1S/C21H31N3O3/c1-22(15-18-7-4-14-27-18)21(26)19(16-5-2-3-6-16)23-10-12-24(13-11-23)20(25)17-8-9-17/h4,7,14,16-17,19H,2-3,5-6,8-13,15H2,1H3. The third-order valence-electron chi connectivity index (χ3n) is 6.39. The van der Waals surface area contributed by atoms with Crippen LogP contribution in [0.3, 0.4) is 0 Å². The van der Waals surface area contributed by atoms with Gasteiger partial charge in [-0.1, -0.05) is 12.8 Å². The molecule has 1 aliphatic heterocycles. The summed E-state index contributed by atoms with van der Waals surface area (Å²) in [4.78, 5) is 31.8. The van der Waals surface area contributed by atoms with Crippen molar-refractivity contribution < 1.29 is 14.0 Å². The molecule has 27 heavy (non-hydrogen) atoms. The zero-order valence-corrected chi connectivity index (χ0v) is 16.3. The molecule has 6 heteroatoms. The van der Waals surface area contributed by atoms with Crippen molar-refractivity contribution >= 4 is 11.8 Å². The molecule has 2 saturated carbocycles. The summed E-state index contributed by atoms with van der Waals surface area (Å²) in [6.07, 6.45) is 8.46. The predicted octanol–water partition coefficient (Wildman–Crippen LogP) is 2.35. The molecule has 6 nitrogen and oxygen atoms in total. The van der Waals surface area contributed by atoms with Crippen LogP contribution in [0.5, 0.6) is 0 Å². The summed E-state index contributed by atoms with van der Waals surface area (Å²) in [6.45, 7) is 3.64. The summed E-state index contributed by atoms with van der Waals surface area (Å²) in [5.41, 5.74) is 0. The third-order valence-corrected chi connectivity index (χ3v) is 6.39. The summed E-state index contributed by atoms with van der Waals surface area (Å²) in [5.74, 6) is 2.05. The summed E-state index contributed by atoms with van der Waals surface area (Å²) >= 11 is 0. The van der Waals surface area contributed by atoms with Gasteiger partial charge < -0.3 is 14.2 Å². The van der Waals surface area contributed by atoms with Gasteiger partial charge in [-0.3, -0.25) is 14.5 Å². The molecular formula is C21H31N3O3. The van der Waals surface area contributed by atoms with Crippen LogP contribution in [0, 0.1) is 11.8 Å². The molecule has 3 aliphatic rings. The number of nitrogens with zero attached hydrogens (tertiary/aromatic N) is 3. The number of carbonyl (C=O) groups is 2. The van der Waals surface area contributed by atoms with E-state index in [0.717, 1.165) is 57.6 Å². The van der Waals surface area contributed by atoms with Crippen LogP contribution in [0.25, 0.3) is 0 Å². The van der Waals surface area contributed by atoms with Crippen molar-refractivity contribution in [1.82, 2.24) is 14.7 Å². The van der Waals surface area contributed by atoms with E-state index in [0.29, 0.717) is 18.4 Å². The van der Waals surface area contributed by atoms with Gasteiger partial charge in [0.25, 0.3) is 0 Å². The summed E-state index contributed by atoms with van der Waals surface area (Å²) < 4.78 is 5.42. The average molecular weight is 373 g/mol. The first kappa shape index (κ1) is 18.5. The molecule has 148 valence electrons. The molecule has 1 saturated heterocycles. The maximum absolute atomic E-state index is 13.4. The van der Waals surface area contributed by atoms with Gasteiger partial charge in [-0.2, -0.15) is 0 Å². The van der Waals surface area contributed by atoms with Gasteiger partial charge in [-0.25, -0.2) is 0 Å². The van der Waals surface area contributed by atoms with Gasteiger partial charge >= 0.3 is 0 Å². The number of furan rings is 1. The van der Waals surface area contributed by atoms with Crippen molar-refractivity contribution in [3.05, 3.63) is 24.2 Å². The Morgan fingerprint density at radius 2 is 1.85 bits per heavy atom. The number of rotatable bonds is 6. The molecule has 0 spiro atoms. The van der Waals surface area contributed by atoms with Crippen molar-refractivity contribution in [1.29, 1.82) is 0 Å². The Morgan fingerprint density at radius 1 is 1.15 bits per heavy atom. The topological polar surface area (TPSA) is 57.0 Å². The molecule has 0 N–H and O–H groups in total. The van der Waals surface area contributed by atoms with Crippen LogP contribution < -0.4 is 0 Å². The maximum atomic E-state index is 13.4. The highest BCUT2D eigenvalue weighted by atomic mass is 16.3. The second-order valence-electron chi connectivity index (χ2n) is 8.40. The number of hydrogen-bond donors (Lipinski definition) is 0. The Morgan fingerprint density at radius 3 is 2.44 bits per heavy atom. The van der Waals surface area contributed by atoms with Crippen LogP contribution in [0.2, 0.25) is 0 Å². The molecular weight excluding hydrogens is 342 g/mol. The molecule has 2 aliphatic carbocycles. The van der Waals surface area contributed by atoms with Crippen LogP contribution in [-0.2, 0) is 16.1 Å². The second-order valence-corrected chi connectivity index (χ2v) is 8.40. The maximum Gasteiger partial charge on any atom is 0.240 e. The van der Waals surface area contributed by atoms with Crippen LogP contribution in [0.1, 0.15) is 44.3 Å². The summed E-state index contributed by atoms with van der Waals surface area (Å²) in [5, 5.41) is 0. The zero-order chi connectivity index (χ0) is 18.8. The molecule has 2 heterocycles. The average Bonchev–Trinajstić information content (AvgIpc) is 3.15. The first-order valence-corrected chi connectivity index (χ1v) is 10.4. The van der Waals surface area contributed by atoms with Gasteiger partial charge in [0.05, 0.1) is 18.8 Å². The highest BCUT2D eigenvalue weighted by Crippen LogP contribution is 2.34. The lowest BCUT2D eigenvalue weighted by Gasteiger charge is -2.42. The second kappa shape index (κ2) is 8.05. The Bertz CT molecular complexity index is 642. The largest absolute Gasteiger partial charge is 0.467 e. The lowest BCUT2D eigenvalue weighted by Crippen LogP contribution is -2.58. The van der Waals surface area contributed by atoms with E-state index >= 15 is 0 Å². The molecule has 2 amide bonds. The highest BCUT2D eigenvalue weighted by Gasteiger charge is 2.40. The first-order valence-electron chi connectivity index (χ1n) is 10.4. The van der Waals surface area contributed by atoms with E-state index in [1.54, 1.807) is 6.26 Å². The van der Waals surface area contributed by atoms with E-state index in [-0.39, 0.29) is 17.9 Å². The molecule has 3 fully saturated rings. The lowest BCUT2D eigenvalue weighted by molar-refractivity contribution is -0.141. The minimum atomic E-state index is -0.0642. The van der Waals surface area contributed by atoms with E-state index in [2.05, 4.69) is 4.90 Å². The molecule has 0 aromatic carbocycles. The van der Waals surface area contributed by atoms with E-state index in [9.17, 15) is 9.59 Å². The number of piperazine rings is 1. The van der Waals surface area contributed by atoms with Gasteiger partial charge in [-0.05, 0) is 43.7 Å². The van der Waals surface area contributed by atoms with Gasteiger partial charge in [0.2, 0.25) is 11.8 Å². The fraction of sp³-hybridized carbons (Fsp3) is 0.714. The van der Waals surface area contributed by atoms with Gasteiger partial charge in [0.1, 0.15) is 5.76 Å². The van der Waals surface area contributed by atoms with Gasteiger partial charge in [-0.15, -0.1) is 0 Å². The molecule has 1 aromatic rings. The monoisotopic (exact) mass is 373 g/mol. The molecule has 1 unspecified atom stereocenters. The van der Waals surface area contributed by atoms with Crippen LogP contribution in [0.15, 0.2) is 22.8 Å². The SMILES string of the molecule is CN(Cc1ccco1)C(=O)C(C1CCCC1)N1CCN(C(=O)C2CC2)CC1. The Balaban J connectivity index is 1.41. The van der Waals surface area contributed by atoms with E-state index < -0.39 is 0 Å².